The van der Waals surface area contributed by atoms with Crippen LogP contribution in [-0.4, -0.2) is 36.7 Å². The van der Waals surface area contributed by atoms with Crippen LogP contribution in [-0.2, 0) is 9.59 Å². The number of nitrogens with one attached hydrogen (secondary N) is 3. The zero-order chi connectivity index (χ0) is 29.3. The number of ether oxygens (including phenoxy) is 2. The lowest BCUT2D eigenvalue weighted by Crippen LogP contribution is -2.30. The van der Waals surface area contributed by atoms with Gasteiger partial charge in [0.05, 0.1) is 5.75 Å². The van der Waals surface area contributed by atoms with E-state index in [9.17, 15) is 18.8 Å². The second-order valence-corrected chi connectivity index (χ2v) is 10.1. The molecule has 4 aromatic carbocycles. The Morgan fingerprint density at radius 2 is 1.48 bits per heavy atom. The number of amides is 3. The maximum absolute atomic E-state index is 14.3. The quantitative estimate of drug-likeness (QED) is 0.172. The van der Waals surface area contributed by atoms with Gasteiger partial charge in [-0.15, -0.1) is 11.8 Å². The van der Waals surface area contributed by atoms with Gasteiger partial charge in [0.15, 0.2) is 11.5 Å². The van der Waals surface area contributed by atoms with Crippen LogP contribution < -0.4 is 25.4 Å². The fourth-order valence-electron chi connectivity index (χ4n) is 3.99. The van der Waals surface area contributed by atoms with Crippen molar-refractivity contribution >= 4 is 46.9 Å². The van der Waals surface area contributed by atoms with Gasteiger partial charge in [-0.05, 0) is 60.7 Å². The predicted octanol–water partition coefficient (Wildman–Crippen LogP) is 5.74. The molecule has 0 unspecified atom stereocenters. The Kier molecular flexibility index (Phi) is 9.15. The largest absolute Gasteiger partial charge is 0.486 e. The standard InChI is InChI=1S/C32H26FN3O5S/c33-26-9-5-4-8-22(26)18-27(36-31(38)21-6-2-1-3-7-21)32(39)35-23-10-13-25(14-11-23)42-20-30(37)34-24-12-15-28-29(19-24)41-17-16-40-28/h1-15,18-19H,16-17,20H2,(H,34,37)(H,35,39)(H,36,38). The van der Waals surface area contributed by atoms with Crippen molar-refractivity contribution in [2.24, 2.45) is 0 Å². The predicted molar refractivity (Wildman–Crippen MR) is 160 cm³/mol. The third kappa shape index (κ3) is 7.55. The van der Waals surface area contributed by atoms with Crippen molar-refractivity contribution in [2.75, 3.05) is 29.6 Å². The number of hydrogen-bond acceptors (Lipinski definition) is 6. The fourth-order valence-corrected chi connectivity index (χ4v) is 4.69. The Morgan fingerprint density at radius 1 is 0.786 bits per heavy atom. The first-order chi connectivity index (χ1) is 20.4. The molecule has 0 atom stereocenters. The van der Waals surface area contributed by atoms with Crippen molar-refractivity contribution in [2.45, 2.75) is 4.90 Å². The molecule has 0 aromatic heterocycles. The molecule has 1 aliphatic heterocycles. The van der Waals surface area contributed by atoms with Crippen LogP contribution in [0.25, 0.3) is 6.08 Å². The number of fused-ring (bicyclic) bond motifs is 1. The van der Waals surface area contributed by atoms with E-state index in [2.05, 4.69) is 16.0 Å². The smallest absolute Gasteiger partial charge is 0.272 e. The highest BCUT2D eigenvalue weighted by molar-refractivity contribution is 8.00. The highest BCUT2D eigenvalue weighted by Crippen LogP contribution is 2.32. The molecule has 0 saturated heterocycles. The maximum atomic E-state index is 14.3. The highest BCUT2D eigenvalue weighted by Gasteiger charge is 2.16. The molecule has 1 heterocycles. The van der Waals surface area contributed by atoms with E-state index >= 15 is 0 Å². The molecule has 10 heteroatoms. The third-order valence-electron chi connectivity index (χ3n) is 6.04. The molecular weight excluding hydrogens is 557 g/mol. The van der Waals surface area contributed by atoms with Crippen molar-refractivity contribution < 1.29 is 28.2 Å². The van der Waals surface area contributed by atoms with Gasteiger partial charge in [-0.2, -0.15) is 0 Å². The average molecular weight is 584 g/mol. The van der Waals surface area contributed by atoms with Gasteiger partial charge >= 0.3 is 0 Å². The SMILES string of the molecule is O=C(CSc1ccc(NC(=O)C(=Cc2ccccc2F)NC(=O)c2ccccc2)cc1)Nc1ccc2c(c1)OCCO2. The lowest BCUT2D eigenvalue weighted by Gasteiger charge is -2.19. The molecule has 0 fully saturated rings. The third-order valence-corrected chi connectivity index (χ3v) is 7.05. The Morgan fingerprint density at radius 3 is 2.24 bits per heavy atom. The number of carbonyl (C=O) groups is 3. The summed E-state index contributed by atoms with van der Waals surface area (Å²) >= 11 is 1.33. The number of benzene rings is 4. The van der Waals surface area contributed by atoms with E-state index in [0.29, 0.717) is 41.7 Å². The lowest BCUT2D eigenvalue weighted by molar-refractivity contribution is -0.114. The van der Waals surface area contributed by atoms with Gasteiger partial charge in [-0.3, -0.25) is 14.4 Å². The molecular formula is C32H26FN3O5S. The number of carbonyl (C=O) groups excluding carboxylic acids is 3. The number of rotatable bonds is 9. The average Bonchev–Trinajstić information content (AvgIpc) is 3.01. The van der Waals surface area contributed by atoms with Crippen LogP contribution in [0.5, 0.6) is 11.5 Å². The number of halogens is 1. The van der Waals surface area contributed by atoms with Gasteiger partial charge in [0.2, 0.25) is 5.91 Å². The Balaban J connectivity index is 1.20. The molecule has 1 aliphatic rings. The number of anilines is 2. The van der Waals surface area contributed by atoms with E-state index < -0.39 is 17.6 Å². The first kappa shape index (κ1) is 28.4. The van der Waals surface area contributed by atoms with Gasteiger partial charge in [-0.1, -0.05) is 36.4 Å². The summed E-state index contributed by atoms with van der Waals surface area (Å²) in [5.41, 5.74) is 1.45. The van der Waals surface area contributed by atoms with Crippen molar-refractivity contribution in [1.82, 2.24) is 5.32 Å². The van der Waals surface area contributed by atoms with Crippen LogP contribution in [0.1, 0.15) is 15.9 Å². The molecule has 3 N–H and O–H groups in total. The van der Waals surface area contributed by atoms with Crippen LogP contribution in [0, 0.1) is 5.82 Å². The summed E-state index contributed by atoms with van der Waals surface area (Å²) in [6.45, 7) is 0.955. The van der Waals surface area contributed by atoms with Crippen molar-refractivity contribution in [1.29, 1.82) is 0 Å². The molecule has 0 saturated carbocycles. The van der Waals surface area contributed by atoms with Gasteiger partial charge in [0, 0.05) is 33.5 Å². The molecule has 212 valence electrons. The van der Waals surface area contributed by atoms with Gasteiger partial charge in [0.1, 0.15) is 24.7 Å². The van der Waals surface area contributed by atoms with Crippen LogP contribution in [0.4, 0.5) is 15.8 Å². The molecule has 3 amide bonds. The van der Waals surface area contributed by atoms with Crippen LogP contribution in [0.3, 0.4) is 0 Å². The maximum Gasteiger partial charge on any atom is 0.272 e. The molecule has 42 heavy (non-hydrogen) atoms. The monoisotopic (exact) mass is 583 g/mol. The molecule has 0 aliphatic carbocycles. The molecule has 8 nitrogen and oxygen atoms in total. The van der Waals surface area contributed by atoms with E-state index in [1.165, 1.54) is 36.0 Å². The topological polar surface area (TPSA) is 106 Å². The molecule has 0 radical (unpaired) electrons. The number of thioether (sulfide) groups is 1. The fraction of sp³-hybridized carbons (Fsp3) is 0.0938. The van der Waals surface area contributed by atoms with E-state index in [0.717, 1.165) is 4.90 Å². The van der Waals surface area contributed by atoms with Crippen LogP contribution >= 0.6 is 11.8 Å². The van der Waals surface area contributed by atoms with E-state index in [4.69, 9.17) is 9.47 Å². The Hall–Kier alpha value is -5.09. The molecule has 4 aromatic rings. The molecule has 5 rings (SSSR count). The summed E-state index contributed by atoms with van der Waals surface area (Å²) in [6.07, 6.45) is 1.29. The van der Waals surface area contributed by atoms with Gasteiger partial charge in [0.25, 0.3) is 11.8 Å². The first-order valence-corrected chi connectivity index (χ1v) is 14.0. The van der Waals surface area contributed by atoms with Gasteiger partial charge in [-0.25, -0.2) is 4.39 Å². The van der Waals surface area contributed by atoms with E-state index in [1.54, 1.807) is 78.9 Å². The van der Waals surface area contributed by atoms with Crippen molar-refractivity contribution in [3.05, 3.63) is 120 Å². The van der Waals surface area contributed by atoms with E-state index in [1.807, 2.05) is 0 Å². The summed E-state index contributed by atoms with van der Waals surface area (Å²) in [5.74, 6) is -0.440. The summed E-state index contributed by atoms with van der Waals surface area (Å²) in [6, 6.07) is 26.5. The lowest BCUT2D eigenvalue weighted by atomic mass is 10.1. The Bertz CT molecular complexity index is 1630. The second-order valence-electron chi connectivity index (χ2n) is 9.07. The zero-order valence-corrected chi connectivity index (χ0v) is 23.1. The minimum atomic E-state index is -0.623. The minimum absolute atomic E-state index is 0.122. The molecule has 0 bridgehead atoms. The van der Waals surface area contributed by atoms with Crippen molar-refractivity contribution in [3.63, 3.8) is 0 Å². The summed E-state index contributed by atoms with van der Waals surface area (Å²) in [7, 11) is 0. The normalized spacial score (nSPS) is 12.3. The summed E-state index contributed by atoms with van der Waals surface area (Å²) < 4.78 is 25.4. The van der Waals surface area contributed by atoms with Crippen LogP contribution in [0.15, 0.2) is 108 Å². The van der Waals surface area contributed by atoms with Crippen LogP contribution in [0.2, 0.25) is 0 Å². The van der Waals surface area contributed by atoms with Crippen molar-refractivity contribution in [3.8, 4) is 11.5 Å². The number of hydrogen-bond donors (Lipinski definition) is 3. The van der Waals surface area contributed by atoms with Gasteiger partial charge < -0.3 is 25.4 Å². The zero-order valence-electron chi connectivity index (χ0n) is 22.3. The minimum Gasteiger partial charge on any atom is -0.486 e. The van der Waals surface area contributed by atoms with E-state index in [-0.39, 0.29) is 22.9 Å². The summed E-state index contributed by atoms with van der Waals surface area (Å²) in [5, 5.41) is 8.17. The highest BCUT2D eigenvalue weighted by atomic mass is 32.2. The second kappa shape index (κ2) is 13.5. The Labute approximate surface area is 245 Å². The summed E-state index contributed by atoms with van der Waals surface area (Å²) in [4.78, 5) is 39.2. The first-order valence-electron chi connectivity index (χ1n) is 13.0. The molecule has 0 spiro atoms.